The molecule has 0 aliphatic carbocycles. The molecule has 0 bridgehead atoms. The lowest BCUT2D eigenvalue weighted by molar-refractivity contribution is 0.177. The Hall–Kier alpha value is -1.99. The van der Waals surface area contributed by atoms with Gasteiger partial charge in [0.1, 0.15) is 18.2 Å². The number of methoxy groups -OCH3 is 1. The normalized spacial score (nSPS) is 19.3. The molecule has 2 aliphatic heterocycles. The number of anilines is 1. The Morgan fingerprint density at radius 2 is 2.09 bits per heavy atom. The van der Waals surface area contributed by atoms with Crippen LogP contribution in [0.5, 0.6) is 0 Å². The molecule has 2 aliphatic rings. The molecule has 4 heterocycles. The lowest BCUT2D eigenvalue weighted by atomic mass is 10.1. The van der Waals surface area contributed by atoms with E-state index in [1.54, 1.807) is 14.2 Å². The van der Waals surface area contributed by atoms with E-state index in [2.05, 4.69) is 59.7 Å². The average Bonchev–Trinajstić information content (AvgIpc) is 3.19. The standard InChI is InChI=1S/C21H33N9O.HI/c1-22-21(25-17-4-5-19-26-18(15-31-3)27-30(19)14-17)24-13-16-6-7-23-20(12-16)29-10-8-28(2)9-11-29;/h6-7,12,17H,4-5,8-11,13-15H2,1-3H3,(H2,22,24,25);1H. The Bertz CT molecular complexity index is 895. The largest absolute Gasteiger partial charge is 0.377 e. The first-order chi connectivity index (χ1) is 15.1. The highest BCUT2D eigenvalue weighted by atomic mass is 127. The van der Waals surface area contributed by atoms with E-state index in [1.165, 1.54) is 5.56 Å². The van der Waals surface area contributed by atoms with Crippen LogP contribution >= 0.6 is 24.0 Å². The SMILES string of the molecule is CN=C(NCc1ccnc(N2CCN(C)CC2)c1)NC1CCc2nc(COC)nn2C1.I. The van der Waals surface area contributed by atoms with Crippen LogP contribution in [0.2, 0.25) is 0 Å². The number of hydrogen-bond donors (Lipinski definition) is 2. The third-order valence-corrected chi connectivity index (χ3v) is 5.84. The van der Waals surface area contributed by atoms with E-state index >= 15 is 0 Å². The number of aliphatic imine (C=N–C) groups is 1. The molecular formula is C21H34IN9O. The smallest absolute Gasteiger partial charge is 0.191 e. The molecule has 2 aromatic heterocycles. The molecule has 0 radical (unpaired) electrons. The molecule has 4 rings (SSSR count). The van der Waals surface area contributed by atoms with Gasteiger partial charge < -0.3 is 25.2 Å². The van der Waals surface area contributed by atoms with Gasteiger partial charge in [0.25, 0.3) is 0 Å². The molecule has 1 fully saturated rings. The number of hydrogen-bond acceptors (Lipinski definition) is 7. The first kappa shape index (κ1) is 24.6. The number of nitrogens with zero attached hydrogens (tertiary/aromatic N) is 7. The fourth-order valence-electron chi connectivity index (χ4n) is 4.02. The van der Waals surface area contributed by atoms with Gasteiger partial charge in [-0.05, 0) is 31.2 Å². The first-order valence-electron chi connectivity index (χ1n) is 10.9. The second-order valence-corrected chi connectivity index (χ2v) is 8.18. The Balaban J connectivity index is 0.00000289. The molecule has 32 heavy (non-hydrogen) atoms. The summed E-state index contributed by atoms with van der Waals surface area (Å²) in [6, 6.07) is 4.49. The van der Waals surface area contributed by atoms with Crippen molar-refractivity contribution in [2.24, 2.45) is 4.99 Å². The molecule has 2 aromatic rings. The van der Waals surface area contributed by atoms with Crippen LogP contribution < -0.4 is 15.5 Å². The average molecular weight is 555 g/mol. The molecule has 0 saturated carbocycles. The van der Waals surface area contributed by atoms with Crippen molar-refractivity contribution in [2.75, 3.05) is 52.3 Å². The fourth-order valence-corrected chi connectivity index (χ4v) is 4.02. The quantitative estimate of drug-likeness (QED) is 0.308. The molecule has 176 valence electrons. The molecule has 10 nitrogen and oxygen atoms in total. The lowest BCUT2D eigenvalue weighted by Crippen LogP contribution is -2.47. The minimum atomic E-state index is 0. The van der Waals surface area contributed by atoms with Gasteiger partial charge in [0.2, 0.25) is 0 Å². The summed E-state index contributed by atoms with van der Waals surface area (Å²) >= 11 is 0. The van der Waals surface area contributed by atoms with Gasteiger partial charge in [-0.25, -0.2) is 14.6 Å². The molecule has 1 atom stereocenters. The first-order valence-corrected chi connectivity index (χ1v) is 10.9. The number of pyridine rings is 1. The van der Waals surface area contributed by atoms with Crippen molar-refractivity contribution in [1.82, 2.24) is 35.3 Å². The van der Waals surface area contributed by atoms with Crippen LogP contribution in [0.25, 0.3) is 0 Å². The summed E-state index contributed by atoms with van der Waals surface area (Å²) in [7, 11) is 5.63. The highest BCUT2D eigenvalue weighted by Gasteiger charge is 2.22. The third-order valence-electron chi connectivity index (χ3n) is 5.84. The van der Waals surface area contributed by atoms with Gasteiger partial charge in [-0.15, -0.1) is 24.0 Å². The monoisotopic (exact) mass is 555 g/mol. The van der Waals surface area contributed by atoms with E-state index in [1.807, 2.05) is 10.9 Å². The number of guanidine groups is 1. The van der Waals surface area contributed by atoms with Gasteiger partial charge in [-0.3, -0.25) is 4.99 Å². The third kappa shape index (κ3) is 6.29. The van der Waals surface area contributed by atoms with E-state index in [0.29, 0.717) is 13.2 Å². The van der Waals surface area contributed by atoms with Crippen molar-refractivity contribution in [2.45, 2.75) is 38.6 Å². The van der Waals surface area contributed by atoms with Crippen LogP contribution in [-0.4, -0.2) is 84.0 Å². The molecule has 0 aromatic carbocycles. The van der Waals surface area contributed by atoms with E-state index < -0.39 is 0 Å². The van der Waals surface area contributed by atoms with Crippen LogP contribution in [0.15, 0.2) is 23.3 Å². The minimum Gasteiger partial charge on any atom is -0.377 e. The van der Waals surface area contributed by atoms with E-state index in [9.17, 15) is 0 Å². The van der Waals surface area contributed by atoms with Crippen molar-refractivity contribution < 1.29 is 4.74 Å². The van der Waals surface area contributed by atoms with Crippen molar-refractivity contribution >= 4 is 35.8 Å². The number of nitrogens with one attached hydrogen (secondary N) is 2. The summed E-state index contributed by atoms with van der Waals surface area (Å²) in [5, 5.41) is 11.5. The summed E-state index contributed by atoms with van der Waals surface area (Å²) < 4.78 is 7.13. The number of fused-ring (bicyclic) bond motifs is 1. The molecule has 11 heteroatoms. The van der Waals surface area contributed by atoms with E-state index in [0.717, 1.165) is 69.0 Å². The number of aromatic nitrogens is 4. The summed E-state index contributed by atoms with van der Waals surface area (Å²) in [6.45, 7) is 6.09. The van der Waals surface area contributed by atoms with Gasteiger partial charge in [0.05, 0.1) is 6.54 Å². The van der Waals surface area contributed by atoms with Gasteiger partial charge in [0.15, 0.2) is 11.8 Å². The van der Waals surface area contributed by atoms with Crippen LogP contribution in [0.1, 0.15) is 23.6 Å². The predicted molar refractivity (Wildman–Crippen MR) is 136 cm³/mol. The zero-order valence-electron chi connectivity index (χ0n) is 19.1. The highest BCUT2D eigenvalue weighted by molar-refractivity contribution is 14.0. The van der Waals surface area contributed by atoms with E-state index in [-0.39, 0.29) is 30.0 Å². The van der Waals surface area contributed by atoms with Gasteiger partial charge >= 0.3 is 0 Å². The second kappa shape index (κ2) is 11.8. The maximum absolute atomic E-state index is 5.15. The maximum atomic E-state index is 5.15. The van der Waals surface area contributed by atoms with Crippen molar-refractivity contribution in [3.05, 3.63) is 35.5 Å². The molecular weight excluding hydrogens is 521 g/mol. The Kier molecular flexibility index (Phi) is 9.05. The minimum absolute atomic E-state index is 0. The number of halogens is 1. The number of likely N-dealkylation sites (N-methyl/N-ethyl adjacent to an activating group) is 1. The number of rotatable bonds is 6. The Labute approximate surface area is 206 Å². The topological polar surface area (TPSA) is 95.7 Å². The Morgan fingerprint density at radius 3 is 2.84 bits per heavy atom. The molecule has 2 N–H and O–H groups in total. The van der Waals surface area contributed by atoms with Gasteiger partial charge in [-0.1, -0.05) is 0 Å². The molecule has 0 spiro atoms. The van der Waals surface area contributed by atoms with E-state index in [4.69, 9.17) is 4.74 Å². The summed E-state index contributed by atoms with van der Waals surface area (Å²) in [4.78, 5) is 18.2. The van der Waals surface area contributed by atoms with Crippen molar-refractivity contribution in [3.63, 3.8) is 0 Å². The molecule has 0 amide bonds. The number of piperazine rings is 1. The van der Waals surface area contributed by atoms with Crippen molar-refractivity contribution in [3.8, 4) is 0 Å². The van der Waals surface area contributed by atoms with Crippen LogP contribution in [0.3, 0.4) is 0 Å². The van der Waals surface area contributed by atoms with Crippen molar-refractivity contribution in [1.29, 1.82) is 0 Å². The zero-order chi connectivity index (χ0) is 21.6. The number of aryl methyl sites for hydroxylation is 1. The zero-order valence-corrected chi connectivity index (χ0v) is 21.5. The fraction of sp³-hybridized carbons (Fsp3) is 0.619. The maximum Gasteiger partial charge on any atom is 0.191 e. The Morgan fingerprint density at radius 1 is 1.28 bits per heavy atom. The summed E-state index contributed by atoms with van der Waals surface area (Å²) in [6.07, 6.45) is 3.78. The lowest BCUT2D eigenvalue weighted by Gasteiger charge is -2.33. The van der Waals surface area contributed by atoms with Gasteiger partial charge in [0, 0.05) is 65.5 Å². The number of ether oxygens (including phenoxy) is 1. The van der Waals surface area contributed by atoms with Crippen LogP contribution in [-0.2, 0) is 30.9 Å². The molecule has 1 unspecified atom stereocenters. The van der Waals surface area contributed by atoms with Crippen LogP contribution in [0.4, 0.5) is 5.82 Å². The summed E-state index contributed by atoms with van der Waals surface area (Å²) in [5.41, 5.74) is 1.19. The highest BCUT2D eigenvalue weighted by Crippen LogP contribution is 2.15. The summed E-state index contributed by atoms with van der Waals surface area (Å²) in [5.74, 6) is 3.62. The second-order valence-electron chi connectivity index (χ2n) is 8.18. The van der Waals surface area contributed by atoms with Gasteiger partial charge in [-0.2, -0.15) is 5.10 Å². The van der Waals surface area contributed by atoms with Crippen LogP contribution in [0, 0.1) is 0 Å². The molecule has 1 saturated heterocycles. The predicted octanol–water partition coefficient (Wildman–Crippen LogP) is 0.869.